The summed E-state index contributed by atoms with van der Waals surface area (Å²) in [6.07, 6.45) is 6.71. The van der Waals surface area contributed by atoms with E-state index >= 15 is 0 Å². The predicted molar refractivity (Wildman–Crippen MR) is 74.3 cm³/mol. The Morgan fingerprint density at radius 3 is 2.61 bits per heavy atom. The highest BCUT2D eigenvalue weighted by atomic mass is 32.2. The van der Waals surface area contributed by atoms with Gasteiger partial charge in [0.05, 0.1) is 17.3 Å². The van der Waals surface area contributed by atoms with Crippen molar-refractivity contribution in [1.82, 2.24) is 0 Å². The van der Waals surface area contributed by atoms with E-state index in [1.807, 2.05) is 17.8 Å². The Balaban J connectivity index is 1.96. The lowest BCUT2D eigenvalue weighted by molar-refractivity contribution is 0.471. The number of halogens is 1. The van der Waals surface area contributed by atoms with Crippen molar-refractivity contribution in [2.75, 3.05) is 11.6 Å². The van der Waals surface area contributed by atoms with Gasteiger partial charge in [-0.05, 0) is 50.1 Å². The summed E-state index contributed by atoms with van der Waals surface area (Å²) < 4.78 is 13.7. The fourth-order valence-electron chi connectivity index (χ4n) is 2.36. The molecule has 0 spiro atoms. The van der Waals surface area contributed by atoms with Gasteiger partial charge < -0.3 is 5.32 Å². The highest BCUT2D eigenvalue weighted by Crippen LogP contribution is 2.29. The molecule has 1 saturated carbocycles. The Bertz CT molecular complexity index is 448. The molecule has 4 heteroatoms. The molecule has 18 heavy (non-hydrogen) atoms. The van der Waals surface area contributed by atoms with E-state index in [2.05, 4.69) is 11.6 Å². The van der Waals surface area contributed by atoms with Gasteiger partial charge in [-0.1, -0.05) is 0 Å². The lowest BCUT2D eigenvalue weighted by Gasteiger charge is -2.28. The number of anilines is 1. The van der Waals surface area contributed by atoms with E-state index in [0.29, 0.717) is 17.3 Å². The van der Waals surface area contributed by atoms with Gasteiger partial charge in [-0.3, -0.25) is 0 Å². The Kier molecular flexibility index (Phi) is 4.48. The fraction of sp³-hybridized carbons (Fsp3) is 0.500. The van der Waals surface area contributed by atoms with Gasteiger partial charge in [0, 0.05) is 11.3 Å². The summed E-state index contributed by atoms with van der Waals surface area (Å²) in [5.41, 5.74) is 0.880. The number of rotatable bonds is 3. The molecule has 2 rings (SSSR count). The molecule has 0 heterocycles. The lowest BCUT2D eigenvalue weighted by atomic mass is 9.94. The molecule has 0 atom stereocenters. The van der Waals surface area contributed by atoms with Crippen LogP contribution in [0, 0.1) is 17.1 Å². The molecule has 0 radical (unpaired) electrons. The van der Waals surface area contributed by atoms with Crippen molar-refractivity contribution in [1.29, 1.82) is 5.26 Å². The third-order valence-electron chi connectivity index (χ3n) is 3.47. The molecular formula is C14H17FN2S. The van der Waals surface area contributed by atoms with Crippen LogP contribution >= 0.6 is 11.8 Å². The van der Waals surface area contributed by atoms with Gasteiger partial charge in [-0.2, -0.15) is 17.0 Å². The van der Waals surface area contributed by atoms with E-state index in [1.54, 1.807) is 12.1 Å². The second-order valence-corrected chi connectivity index (χ2v) is 5.80. The van der Waals surface area contributed by atoms with E-state index in [-0.39, 0.29) is 5.82 Å². The Morgan fingerprint density at radius 2 is 2.06 bits per heavy atom. The van der Waals surface area contributed by atoms with E-state index in [1.165, 1.54) is 18.9 Å². The molecule has 0 aliphatic heterocycles. The first kappa shape index (κ1) is 13.2. The van der Waals surface area contributed by atoms with Crippen molar-refractivity contribution < 1.29 is 4.39 Å². The highest BCUT2D eigenvalue weighted by Gasteiger charge is 2.20. The largest absolute Gasteiger partial charge is 0.380 e. The van der Waals surface area contributed by atoms with Gasteiger partial charge in [-0.25, -0.2) is 4.39 Å². The van der Waals surface area contributed by atoms with Crippen molar-refractivity contribution in [3.8, 4) is 6.07 Å². The average molecular weight is 264 g/mol. The summed E-state index contributed by atoms with van der Waals surface area (Å²) >= 11 is 1.92. The minimum absolute atomic E-state index is 0.332. The molecule has 1 aliphatic carbocycles. The fourth-order valence-corrected chi connectivity index (χ4v) is 3.11. The summed E-state index contributed by atoms with van der Waals surface area (Å²) in [5.74, 6) is -0.332. The van der Waals surface area contributed by atoms with E-state index in [0.717, 1.165) is 18.1 Å². The summed E-state index contributed by atoms with van der Waals surface area (Å²) in [4.78, 5) is 0. The minimum Gasteiger partial charge on any atom is -0.380 e. The van der Waals surface area contributed by atoms with Crippen LogP contribution in [0.4, 0.5) is 10.1 Å². The Morgan fingerprint density at radius 1 is 1.33 bits per heavy atom. The molecule has 0 unspecified atom stereocenters. The second kappa shape index (κ2) is 6.10. The molecule has 0 amide bonds. The summed E-state index contributed by atoms with van der Waals surface area (Å²) in [6, 6.07) is 6.90. The number of hydrogen-bond donors (Lipinski definition) is 1. The average Bonchev–Trinajstić information content (AvgIpc) is 2.42. The molecule has 1 aromatic carbocycles. The molecule has 1 fully saturated rings. The SMILES string of the molecule is CSC1CCC(Nc2ccc(C#N)cc2F)CC1. The predicted octanol–water partition coefficient (Wildman–Crippen LogP) is 3.78. The Hall–Kier alpha value is -1.21. The van der Waals surface area contributed by atoms with E-state index in [4.69, 9.17) is 5.26 Å². The van der Waals surface area contributed by atoms with Crippen molar-refractivity contribution >= 4 is 17.4 Å². The Labute approximate surface area is 112 Å². The van der Waals surface area contributed by atoms with Crippen LogP contribution in [0.2, 0.25) is 0 Å². The van der Waals surface area contributed by atoms with Gasteiger partial charge in [0.15, 0.2) is 0 Å². The standard InChI is InChI=1S/C14H17FN2S/c1-18-12-5-3-11(4-6-12)17-14-7-2-10(9-16)8-13(14)15/h2,7-8,11-12,17H,3-6H2,1H3. The smallest absolute Gasteiger partial charge is 0.147 e. The van der Waals surface area contributed by atoms with Crippen LogP contribution in [0.5, 0.6) is 0 Å². The van der Waals surface area contributed by atoms with Crippen LogP contribution in [-0.2, 0) is 0 Å². The first-order chi connectivity index (χ1) is 8.72. The summed E-state index contributed by atoms with van der Waals surface area (Å²) in [7, 11) is 0. The lowest BCUT2D eigenvalue weighted by Crippen LogP contribution is -2.27. The van der Waals surface area contributed by atoms with Crippen molar-refractivity contribution in [2.45, 2.75) is 37.0 Å². The monoisotopic (exact) mass is 264 g/mol. The van der Waals surface area contributed by atoms with Crippen molar-refractivity contribution in [3.63, 3.8) is 0 Å². The molecule has 0 bridgehead atoms. The van der Waals surface area contributed by atoms with Crippen LogP contribution in [0.1, 0.15) is 31.2 Å². The van der Waals surface area contributed by atoms with Gasteiger partial charge in [-0.15, -0.1) is 0 Å². The molecule has 1 aromatic rings. The number of hydrogen-bond acceptors (Lipinski definition) is 3. The number of nitriles is 1. The zero-order valence-electron chi connectivity index (χ0n) is 10.4. The van der Waals surface area contributed by atoms with Crippen LogP contribution in [0.15, 0.2) is 18.2 Å². The number of nitrogens with zero attached hydrogens (tertiary/aromatic N) is 1. The van der Waals surface area contributed by atoms with Crippen LogP contribution in [-0.4, -0.2) is 17.5 Å². The molecule has 1 N–H and O–H groups in total. The van der Waals surface area contributed by atoms with Crippen LogP contribution in [0.3, 0.4) is 0 Å². The minimum atomic E-state index is -0.332. The van der Waals surface area contributed by atoms with Gasteiger partial charge in [0.2, 0.25) is 0 Å². The van der Waals surface area contributed by atoms with E-state index in [9.17, 15) is 4.39 Å². The molecule has 0 saturated heterocycles. The highest BCUT2D eigenvalue weighted by molar-refractivity contribution is 7.99. The molecule has 96 valence electrons. The van der Waals surface area contributed by atoms with Crippen molar-refractivity contribution in [2.24, 2.45) is 0 Å². The number of thioether (sulfide) groups is 1. The zero-order chi connectivity index (χ0) is 13.0. The molecule has 1 aliphatic rings. The van der Waals surface area contributed by atoms with Gasteiger partial charge in [0.25, 0.3) is 0 Å². The summed E-state index contributed by atoms with van der Waals surface area (Å²) in [5, 5.41) is 12.7. The maximum absolute atomic E-state index is 13.7. The maximum Gasteiger partial charge on any atom is 0.147 e. The molecular weight excluding hydrogens is 247 g/mol. The maximum atomic E-state index is 13.7. The van der Waals surface area contributed by atoms with Crippen molar-refractivity contribution in [3.05, 3.63) is 29.6 Å². The first-order valence-corrected chi connectivity index (χ1v) is 7.50. The topological polar surface area (TPSA) is 35.8 Å². The quantitative estimate of drug-likeness (QED) is 0.902. The number of nitrogens with one attached hydrogen (secondary N) is 1. The number of benzene rings is 1. The normalized spacial score (nSPS) is 23.4. The molecule has 2 nitrogen and oxygen atoms in total. The van der Waals surface area contributed by atoms with Crippen LogP contribution in [0.25, 0.3) is 0 Å². The van der Waals surface area contributed by atoms with Crippen LogP contribution < -0.4 is 5.32 Å². The first-order valence-electron chi connectivity index (χ1n) is 6.22. The van der Waals surface area contributed by atoms with Gasteiger partial charge in [0.1, 0.15) is 5.82 Å². The third-order valence-corrected chi connectivity index (χ3v) is 4.60. The summed E-state index contributed by atoms with van der Waals surface area (Å²) in [6.45, 7) is 0. The zero-order valence-corrected chi connectivity index (χ0v) is 11.3. The third kappa shape index (κ3) is 3.17. The second-order valence-electron chi connectivity index (χ2n) is 4.66. The molecule has 0 aromatic heterocycles. The van der Waals surface area contributed by atoms with E-state index < -0.39 is 0 Å². The van der Waals surface area contributed by atoms with Gasteiger partial charge >= 0.3 is 0 Å².